The Morgan fingerprint density at radius 3 is 2.81 bits per heavy atom. The lowest BCUT2D eigenvalue weighted by Crippen LogP contribution is -2.15. The number of aromatic nitrogens is 2. The van der Waals surface area contributed by atoms with Crippen molar-refractivity contribution in [2.45, 2.75) is 45.1 Å². The third-order valence-electron chi connectivity index (χ3n) is 3.51. The Hall–Kier alpha value is -1.76. The highest BCUT2D eigenvalue weighted by Gasteiger charge is 2.32. The van der Waals surface area contributed by atoms with E-state index in [-0.39, 0.29) is 6.54 Å². The summed E-state index contributed by atoms with van der Waals surface area (Å²) in [6.07, 6.45) is -0.142. The molecule has 1 N–H and O–H groups in total. The maximum atomic E-state index is 12.5. The molecule has 2 aromatic heterocycles. The van der Waals surface area contributed by atoms with Crippen LogP contribution in [0.2, 0.25) is 0 Å². The molecule has 0 radical (unpaired) electrons. The average molecular weight is 299 g/mol. The molecule has 4 nitrogen and oxygen atoms in total. The Balaban J connectivity index is 1.66. The number of halogens is 3. The quantitative estimate of drug-likeness (QED) is 0.922. The van der Waals surface area contributed by atoms with Crippen LogP contribution in [0.25, 0.3) is 0 Å². The van der Waals surface area contributed by atoms with Crippen LogP contribution in [-0.4, -0.2) is 15.8 Å². The van der Waals surface area contributed by atoms with Gasteiger partial charge < -0.3 is 9.73 Å². The zero-order valence-electron chi connectivity index (χ0n) is 11.6. The van der Waals surface area contributed by atoms with Crippen molar-refractivity contribution in [1.82, 2.24) is 15.1 Å². The van der Waals surface area contributed by atoms with E-state index in [9.17, 15) is 13.2 Å². The number of hydrogen-bond acceptors (Lipinski definition) is 3. The van der Waals surface area contributed by atoms with E-state index in [1.54, 1.807) is 0 Å². The van der Waals surface area contributed by atoms with Crippen LogP contribution >= 0.6 is 0 Å². The summed E-state index contributed by atoms with van der Waals surface area (Å²) < 4.78 is 44.3. The van der Waals surface area contributed by atoms with Gasteiger partial charge in [-0.1, -0.05) is 0 Å². The molecule has 21 heavy (non-hydrogen) atoms. The van der Waals surface area contributed by atoms with Crippen LogP contribution in [-0.2, 0) is 19.3 Å². The molecule has 7 heteroatoms. The number of furan rings is 1. The van der Waals surface area contributed by atoms with Gasteiger partial charge in [-0.15, -0.1) is 0 Å². The number of nitrogens with one attached hydrogen (secondary N) is 1. The van der Waals surface area contributed by atoms with Crippen LogP contribution in [0.4, 0.5) is 13.2 Å². The fourth-order valence-corrected chi connectivity index (χ4v) is 2.14. The average Bonchev–Trinajstić information content (AvgIpc) is 2.98. The predicted octanol–water partition coefficient (Wildman–Crippen LogP) is 3.10. The maximum absolute atomic E-state index is 12.5. The lowest BCUT2D eigenvalue weighted by molar-refractivity contribution is -0.137. The standard InChI is InChI=1S/C14H16F3N3O/c1-9-10(5-18-12-2-3-12)4-13(21-9)8-20-7-11(6-19-20)14(15,16)17/h4,6-7,12,18H,2-3,5,8H2,1H3. The first kappa shape index (κ1) is 14.2. The van der Waals surface area contributed by atoms with Crippen LogP contribution in [0.5, 0.6) is 0 Å². The molecule has 0 unspecified atom stereocenters. The Bertz CT molecular complexity index is 626. The molecule has 0 amide bonds. The summed E-state index contributed by atoms with van der Waals surface area (Å²) in [6, 6.07) is 2.47. The Morgan fingerprint density at radius 1 is 1.43 bits per heavy atom. The fraction of sp³-hybridized carbons (Fsp3) is 0.500. The second kappa shape index (κ2) is 5.22. The van der Waals surface area contributed by atoms with Crippen molar-refractivity contribution in [1.29, 1.82) is 0 Å². The summed E-state index contributed by atoms with van der Waals surface area (Å²) in [5.74, 6) is 1.40. The lowest BCUT2D eigenvalue weighted by atomic mass is 10.2. The van der Waals surface area contributed by atoms with Gasteiger partial charge >= 0.3 is 6.18 Å². The van der Waals surface area contributed by atoms with Crippen LogP contribution in [0.15, 0.2) is 22.9 Å². The third-order valence-corrected chi connectivity index (χ3v) is 3.51. The highest BCUT2D eigenvalue weighted by atomic mass is 19.4. The molecule has 3 rings (SSSR count). The van der Waals surface area contributed by atoms with Crippen LogP contribution in [0.3, 0.4) is 0 Å². The molecular formula is C14H16F3N3O. The van der Waals surface area contributed by atoms with Gasteiger partial charge in [0.2, 0.25) is 0 Å². The van der Waals surface area contributed by atoms with Crippen molar-refractivity contribution in [2.75, 3.05) is 0 Å². The fourth-order valence-electron chi connectivity index (χ4n) is 2.14. The number of alkyl halides is 3. The lowest BCUT2D eigenvalue weighted by Gasteiger charge is -2.01. The van der Waals surface area contributed by atoms with Crippen LogP contribution in [0, 0.1) is 6.92 Å². The van der Waals surface area contributed by atoms with E-state index in [0.29, 0.717) is 11.8 Å². The van der Waals surface area contributed by atoms with Gasteiger partial charge in [0.05, 0.1) is 18.3 Å². The van der Waals surface area contributed by atoms with E-state index in [1.165, 1.54) is 17.5 Å². The van der Waals surface area contributed by atoms with E-state index in [2.05, 4.69) is 10.4 Å². The molecule has 114 valence electrons. The Morgan fingerprint density at radius 2 is 2.19 bits per heavy atom. The summed E-state index contributed by atoms with van der Waals surface area (Å²) in [4.78, 5) is 0. The second-order valence-corrected chi connectivity index (χ2v) is 5.37. The van der Waals surface area contributed by atoms with Gasteiger partial charge in [0.25, 0.3) is 0 Å². The monoisotopic (exact) mass is 299 g/mol. The van der Waals surface area contributed by atoms with Crippen LogP contribution < -0.4 is 5.32 Å². The van der Waals surface area contributed by atoms with Gasteiger partial charge in [-0.25, -0.2) is 0 Å². The van der Waals surface area contributed by atoms with E-state index in [1.807, 2.05) is 13.0 Å². The molecule has 2 aromatic rings. The number of hydrogen-bond donors (Lipinski definition) is 1. The molecular weight excluding hydrogens is 283 g/mol. The minimum atomic E-state index is -4.36. The van der Waals surface area contributed by atoms with Gasteiger partial charge in [-0.3, -0.25) is 4.68 Å². The second-order valence-electron chi connectivity index (χ2n) is 5.37. The third kappa shape index (κ3) is 3.47. The molecule has 1 aliphatic carbocycles. The maximum Gasteiger partial charge on any atom is 0.419 e. The first-order valence-electron chi connectivity index (χ1n) is 6.83. The van der Waals surface area contributed by atoms with Gasteiger partial charge in [0, 0.05) is 24.3 Å². The first-order valence-corrected chi connectivity index (χ1v) is 6.83. The van der Waals surface area contributed by atoms with E-state index >= 15 is 0 Å². The molecule has 0 aliphatic heterocycles. The minimum Gasteiger partial charge on any atom is -0.464 e. The molecule has 0 atom stereocenters. The van der Waals surface area contributed by atoms with Gasteiger partial charge in [0.15, 0.2) is 0 Å². The molecule has 1 saturated carbocycles. The molecule has 2 heterocycles. The zero-order valence-corrected chi connectivity index (χ0v) is 11.6. The first-order chi connectivity index (χ1) is 9.91. The molecule has 0 bridgehead atoms. The van der Waals surface area contributed by atoms with Crippen molar-refractivity contribution in [2.24, 2.45) is 0 Å². The smallest absolute Gasteiger partial charge is 0.419 e. The normalized spacial score (nSPS) is 15.6. The van der Waals surface area contributed by atoms with Crippen molar-refractivity contribution in [3.05, 3.63) is 41.1 Å². The Labute approximate surface area is 119 Å². The summed E-state index contributed by atoms with van der Waals surface area (Å²) in [6.45, 7) is 2.78. The van der Waals surface area contributed by atoms with Crippen molar-refractivity contribution in [3.8, 4) is 0 Å². The van der Waals surface area contributed by atoms with E-state index in [0.717, 1.165) is 30.3 Å². The van der Waals surface area contributed by atoms with Crippen molar-refractivity contribution in [3.63, 3.8) is 0 Å². The van der Waals surface area contributed by atoms with Gasteiger partial charge in [-0.05, 0) is 25.8 Å². The van der Waals surface area contributed by atoms with E-state index in [4.69, 9.17) is 4.42 Å². The van der Waals surface area contributed by atoms with E-state index < -0.39 is 11.7 Å². The number of rotatable bonds is 5. The largest absolute Gasteiger partial charge is 0.464 e. The predicted molar refractivity (Wildman–Crippen MR) is 69.6 cm³/mol. The molecule has 1 aliphatic rings. The number of nitrogens with zero attached hydrogens (tertiary/aromatic N) is 2. The van der Waals surface area contributed by atoms with Crippen LogP contribution in [0.1, 0.15) is 35.5 Å². The minimum absolute atomic E-state index is 0.195. The topological polar surface area (TPSA) is 43.0 Å². The summed E-state index contributed by atoms with van der Waals surface area (Å²) >= 11 is 0. The molecule has 0 spiro atoms. The summed E-state index contributed by atoms with van der Waals surface area (Å²) in [5.41, 5.74) is 0.293. The molecule has 1 fully saturated rings. The SMILES string of the molecule is Cc1oc(Cn2cc(C(F)(F)F)cn2)cc1CNC1CC1. The summed E-state index contributed by atoms with van der Waals surface area (Å²) in [7, 11) is 0. The van der Waals surface area contributed by atoms with Gasteiger partial charge in [0.1, 0.15) is 11.5 Å². The Kier molecular flexibility index (Phi) is 3.52. The zero-order chi connectivity index (χ0) is 15.0. The van der Waals surface area contributed by atoms with Crippen molar-refractivity contribution < 1.29 is 17.6 Å². The molecule has 0 saturated heterocycles. The van der Waals surface area contributed by atoms with Crippen molar-refractivity contribution >= 4 is 0 Å². The highest BCUT2D eigenvalue weighted by Crippen LogP contribution is 2.28. The van der Waals surface area contributed by atoms with Gasteiger partial charge in [-0.2, -0.15) is 18.3 Å². The highest BCUT2D eigenvalue weighted by molar-refractivity contribution is 5.21. The number of aryl methyl sites for hydroxylation is 1. The summed E-state index contributed by atoms with van der Waals surface area (Å²) in [5, 5.41) is 7.11. The molecule has 0 aromatic carbocycles.